The quantitative estimate of drug-likeness (QED) is 0.800. The van der Waals surface area contributed by atoms with Crippen LogP contribution in [0.25, 0.3) is 0 Å². The third-order valence-corrected chi connectivity index (χ3v) is 3.51. The summed E-state index contributed by atoms with van der Waals surface area (Å²) in [5.74, 6) is -0.828. The first-order chi connectivity index (χ1) is 11.0. The number of amides is 2. The molecule has 0 aliphatic heterocycles. The number of nitrogens with zero attached hydrogens (tertiary/aromatic N) is 3. The Labute approximate surface area is 138 Å². The van der Waals surface area contributed by atoms with E-state index in [-0.39, 0.29) is 6.54 Å². The molecule has 0 radical (unpaired) electrons. The van der Waals surface area contributed by atoms with Gasteiger partial charge in [0.1, 0.15) is 6.54 Å². The second kappa shape index (κ2) is 7.50. The lowest BCUT2D eigenvalue weighted by molar-refractivity contribution is -0.143. The van der Waals surface area contributed by atoms with E-state index in [0.717, 1.165) is 10.8 Å². The molecule has 0 fully saturated rings. The Morgan fingerprint density at radius 1 is 1.42 bits per heavy atom. The van der Waals surface area contributed by atoms with E-state index in [1.54, 1.807) is 13.8 Å². The summed E-state index contributed by atoms with van der Waals surface area (Å²) < 4.78 is 38.5. The van der Waals surface area contributed by atoms with Crippen LogP contribution < -0.4 is 5.32 Å². The lowest BCUT2D eigenvalue weighted by atomic mass is 10.1. The van der Waals surface area contributed by atoms with Crippen molar-refractivity contribution < 1.29 is 22.8 Å². The number of likely N-dealkylation sites (N-methyl/N-ethyl adjacent to an activating group) is 1. The maximum atomic E-state index is 12.6. The van der Waals surface area contributed by atoms with E-state index < -0.39 is 30.6 Å². The smallest absolute Gasteiger partial charge is 0.348 e. The highest BCUT2D eigenvalue weighted by Crippen LogP contribution is 2.24. The fourth-order valence-corrected chi connectivity index (χ4v) is 2.47. The van der Waals surface area contributed by atoms with E-state index >= 15 is 0 Å². The van der Waals surface area contributed by atoms with E-state index in [4.69, 9.17) is 0 Å². The van der Waals surface area contributed by atoms with Gasteiger partial charge in [-0.3, -0.25) is 14.3 Å². The molecule has 2 amide bonds. The highest BCUT2D eigenvalue weighted by atomic mass is 19.4. The molecule has 0 saturated heterocycles. The normalized spacial score (nSPS) is 12.6. The Hall–Kier alpha value is -2.32. The van der Waals surface area contributed by atoms with E-state index in [1.807, 2.05) is 0 Å². The van der Waals surface area contributed by atoms with Crippen molar-refractivity contribution in [1.82, 2.24) is 20.0 Å². The number of carbonyl (C=O) groups excluding carboxylic acids is 2. The van der Waals surface area contributed by atoms with Gasteiger partial charge in [-0.05, 0) is 26.8 Å². The molecule has 9 heteroatoms. The van der Waals surface area contributed by atoms with Crippen molar-refractivity contribution in [3.05, 3.63) is 29.6 Å². The van der Waals surface area contributed by atoms with Gasteiger partial charge in [0.15, 0.2) is 0 Å². The summed E-state index contributed by atoms with van der Waals surface area (Å²) in [5.41, 5.74) is 1.29. The van der Waals surface area contributed by atoms with Gasteiger partial charge in [0, 0.05) is 18.3 Å². The zero-order valence-corrected chi connectivity index (χ0v) is 14.1. The standard InChI is InChI=1S/C15H21F3N4O2/c1-6-13(24)21(5)7-12(23)19-9(2)14-10(3)20-22(11(14)4)8-15(16,17)18/h6,9H,1,7-8H2,2-5H3,(H,19,23). The summed E-state index contributed by atoms with van der Waals surface area (Å²) in [7, 11) is 1.45. The molecular weight excluding hydrogens is 325 g/mol. The molecule has 134 valence electrons. The van der Waals surface area contributed by atoms with Crippen LogP contribution in [0.4, 0.5) is 13.2 Å². The fraction of sp³-hybridized carbons (Fsp3) is 0.533. The number of aryl methyl sites for hydroxylation is 1. The van der Waals surface area contributed by atoms with E-state index in [1.165, 1.54) is 18.9 Å². The molecule has 0 aromatic carbocycles. The molecule has 1 atom stereocenters. The molecule has 1 unspecified atom stereocenters. The van der Waals surface area contributed by atoms with Crippen molar-refractivity contribution in [2.24, 2.45) is 0 Å². The predicted octanol–water partition coefficient (Wildman–Crippen LogP) is 1.88. The number of aromatic nitrogens is 2. The number of nitrogens with one attached hydrogen (secondary N) is 1. The lowest BCUT2D eigenvalue weighted by Gasteiger charge is -2.19. The molecule has 1 aromatic rings. The average molecular weight is 346 g/mol. The Morgan fingerprint density at radius 3 is 2.50 bits per heavy atom. The first-order valence-electron chi connectivity index (χ1n) is 7.23. The highest BCUT2D eigenvalue weighted by molar-refractivity contribution is 5.90. The van der Waals surface area contributed by atoms with Gasteiger partial charge in [-0.15, -0.1) is 0 Å². The molecule has 1 aromatic heterocycles. The van der Waals surface area contributed by atoms with Crippen molar-refractivity contribution in [3.8, 4) is 0 Å². The summed E-state index contributed by atoms with van der Waals surface area (Å²) in [4.78, 5) is 24.5. The van der Waals surface area contributed by atoms with Crippen LogP contribution in [-0.2, 0) is 16.1 Å². The first kappa shape index (κ1) is 19.7. The molecule has 6 nitrogen and oxygen atoms in total. The SMILES string of the molecule is C=CC(=O)N(C)CC(=O)NC(C)c1c(C)nn(CC(F)(F)F)c1C. The Balaban J connectivity index is 2.85. The minimum absolute atomic E-state index is 0.177. The van der Waals surface area contributed by atoms with Gasteiger partial charge in [-0.1, -0.05) is 6.58 Å². The van der Waals surface area contributed by atoms with Gasteiger partial charge >= 0.3 is 6.18 Å². The highest BCUT2D eigenvalue weighted by Gasteiger charge is 2.31. The third-order valence-electron chi connectivity index (χ3n) is 3.51. The Kier molecular flexibility index (Phi) is 6.16. The molecule has 1 N–H and O–H groups in total. The molecule has 24 heavy (non-hydrogen) atoms. The van der Waals surface area contributed by atoms with Crippen LogP contribution in [0.5, 0.6) is 0 Å². The van der Waals surface area contributed by atoms with E-state index in [9.17, 15) is 22.8 Å². The summed E-state index contributed by atoms with van der Waals surface area (Å²) in [5, 5.41) is 6.56. The van der Waals surface area contributed by atoms with Crippen LogP contribution in [0.2, 0.25) is 0 Å². The summed E-state index contributed by atoms with van der Waals surface area (Å²) >= 11 is 0. The van der Waals surface area contributed by atoms with Gasteiger partial charge < -0.3 is 10.2 Å². The number of alkyl halides is 3. The summed E-state index contributed by atoms with van der Waals surface area (Å²) in [6.45, 7) is 6.73. The van der Waals surface area contributed by atoms with E-state index in [2.05, 4.69) is 17.0 Å². The van der Waals surface area contributed by atoms with Crippen LogP contribution in [-0.4, -0.2) is 46.3 Å². The van der Waals surface area contributed by atoms with Crippen molar-refractivity contribution in [2.75, 3.05) is 13.6 Å². The van der Waals surface area contributed by atoms with Crippen LogP contribution in [0, 0.1) is 13.8 Å². The largest absolute Gasteiger partial charge is 0.408 e. The van der Waals surface area contributed by atoms with Gasteiger partial charge in [0.2, 0.25) is 11.8 Å². The molecule has 0 aliphatic carbocycles. The molecule has 0 spiro atoms. The predicted molar refractivity (Wildman–Crippen MR) is 82.1 cm³/mol. The molecule has 0 aliphatic rings. The topological polar surface area (TPSA) is 67.2 Å². The molecule has 0 bridgehead atoms. The number of hydrogen-bond donors (Lipinski definition) is 1. The van der Waals surface area contributed by atoms with Crippen LogP contribution >= 0.6 is 0 Å². The van der Waals surface area contributed by atoms with Gasteiger partial charge in [-0.2, -0.15) is 18.3 Å². The number of halogens is 3. The summed E-state index contributed by atoms with van der Waals surface area (Å²) in [6, 6.07) is -0.535. The lowest BCUT2D eigenvalue weighted by Crippen LogP contribution is -2.38. The van der Waals surface area contributed by atoms with Crippen LogP contribution in [0.15, 0.2) is 12.7 Å². The van der Waals surface area contributed by atoms with E-state index in [0.29, 0.717) is 17.0 Å². The second-order valence-corrected chi connectivity index (χ2v) is 5.54. The van der Waals surface area contributed by atoms with Gasteiger partial charge in [-0.25, -0.2) is 0 Å². The molecule has 1 rings (SSSR count). The monoisotopic (exact) mass is 346 g/mol. The third kappa shape index (κ3) is 5.10. The molecule has 0 saturated carbocycles. The molecular formula is C15H21F3N4O2. The fourth-order valence-electron chi connectivity index (χ4n) is 2.47. The zero-order chi connectivity index (χ0) is 18.7. The second-order valence-electron chi connectivity index (χ2n) is 5.54. The zero-order valence-electron chi connectivity index (χ0n) is 14.1. The Morgan fingerprint density at radius 2 is 2.00 bits per heavy atom. The van der Waals surface area contributed by atoms with Crippen molar-refractivity contribution >= 4 is 11.8 Å². The minimum Gasteiger partial charge on any atom is -0.348 e. The van der Waals surface area contributed by atoms with Crippen molar-refractivity contribution in [3.63, 3.8) is 0 Å². The van der Waals surface area contributed by atoms with Gasteiger partial charge in [0.05, 0.1) is 18.3 Å². The maximum absolute atomic E-state index is 12.6. The van der Waals surface area contributed by atoms with Crippen molar-refractivity contribution in [2.45, 2.75) is 39.5 Å². The number of carbonyl (C=O) groups is 2. The van der Waals surface area contributed by atoms with Crippen molar-refractivity contribution in [1.29, 1.82) is 0 Å². The first-order valence-corrected chi connectivity index (χ1v) is 7.23. The van der Waals surface area contributed by atoms with Crippen LogP contribution in [0.3, 0.4) is 0 Å². The van der Waals surface area contributed by atoms with Gasteiger partial charge in [0.25, 0.3) is 0 Å². The summed E-state index contributed by atoms with van der Waals surface area (Å²) in [6.07, 6.45) is -3.28. The average Bonchev–Trinajstić information content (AvgIpc) is 2.69. The minimum atomic E-state index is -4.37. The van der Waals surface area contributed by atoms with Crippen LogP contribution in [0.1, 0.15) is 29.9 Å². The molecule has 1 heterocycles. The number of rotatable bonds is 6. The maximum Gasteiger partial charge on any atom is 0.408 e. The number of hydrogen-bond acceptors (Lipinski definition) is 3. The Bertz CT molecular complexity index is 637.